The second-order valence-corrected chi connectivity index (χ2v) is 5.08. The molecule has 1 aliphatic rings. The number of fused-ring (bicyclic) bond motifs is 1. The van der Waals surface area contributed by atoms with E-state index in [9.17, 15) is 4.79 Å². The third-order valence-electron chi connectivity index (χ3n) is 3.46. The Balaban J connectivity index is 1.89. The zero-order valence-corrected chi connectivity index (χ0v) is 11.6. The van der Waals surface area contributed by atoms with E-state index in [1.807, 2.05) is 25.1 Å². The van der Waals surface area contributed by atoms with E-state index >= 15 is 0 Å². The average Bonchev–Trinajstić information content (AvgIpc) is 2.49. The Morgan fingerprint density at radius 3 is 2.86 bits per heavy atom. The molecule has 4 heteroatoms. The van der Waals surface area contributed by atoms with Crippen molar-refractivity contribution in [2.75, 3.05) is 5.32 Å². The van der Waals surface area contributed by atoms with E-state index in [1.165, 1.54) is 0 Å². The molecule has 1 N–H and O–H groups in total. The van der Waals surface area contributed by atoms with Gasteiger partial charge in [0.05, 0.1) is 5.56 Å². The molecule has 21 heavy (non-hydrogen) atoms. The third kappa shape index (κ3) is 2.72. The molecule has 0 aromatic heterocycles. The number of nitrogens with one attached hydrogen (secondary N) is 1. The lowest BCUT2D eigenvalue weighted by atomic mass is 10.0. The number of amides is 1. The minimum absolute atomic E-state index is 0.0430. The van der Waals surface area contributed by atoms with E-state index < -0.39 is 0 Å². The highest BCUT2D eigenvalue weighted by Crippen LogP contribution is 2.31. The minimum Gasteiger partial charge on any atom is -0.456 e. The zero-order chi connectivity index (χ0) is 14.8. The van der Waals surface area contributed by atoms with Gasteiger partial charge in [0.25, 0.3) is 0 Å². The minimum atomic E-state index is 0.0430. The molecule has 0 saturated carbocycles. The Bertz CT molecular complexity index is 760. The van der Waals surface area contributed by atoms with Crippen LogP contribution >= 0.6 is 0 Å². The number of hydrogen-bond acceptors (Lipinski definition) is 3. The highest BCUT2D eigenvalue weighted by molar-refractivity contribution is 5.94. The molecule has 0 aliphatic carbocycles. The van der Waals surface area contributed by atoms with Crippen molar-refractivity contribution in [3.8, 4) is 17.6 Å². The summed E-state index contributed by atoms with van der Waals surface area (Å²) in [7, 11) is 0. The first-order valence-electron chi connectivity index (χ1n) is 6.77. The molecule has 0 unspecified atom stereocenters. The van der Waals surface area contributed by atoms with Gasteiger partial charge in [0.1, 0.15) is 17.6 Å². The van der Waals surface area contributed by atoms with E-state index in [0.717, 1.165) is 16.8 Å². The molecular formula is C17H14N2O2. The van der Waals surface area contributed by atoms with Gasteiger partial charge in [-0.05, 0) is 54.8 Å². The molecular weight excluding hydrogens is 264 g/mol. The molecule has 0 saturated heterocycles. The Labute approximate surface area is 123 Å². The lowest BCUT2D eigenvalue weighted by molar-refractivity contribution is -0.116. The maximum atomic E-state index is 11.3. The molecule has 1 heterocycles. The highest BCUT2D eigenvalue weighted by Gasteiger charge is 2.15. The largest absolute Gasteiger partial charge is 0.456 e. The van der Waals surface area contributed by atoms with Crippen molar-refractivity contribution in [3.63, 3.8) is 0 Å². The van der Waals surface area contributed by atoms with Crippen molar-refractivity contribution in [2.24, 2.45) is 0 Å². The Morgan fingerprint density at radius 2 is 2.05 bits per heavy atom. The van der Waals surface area contributed by atoms with Crippen LogP contribution in [0.3, 0.4) is 0 Å². The van der Waals surface area contributed by atoms with Crippen molar-refractivity contribution >= 4 is 11.6 Å². The van der Waals surface area contributed by atoms with Crippen LogP contribution in [-0.4, -0.2) is 5.91 Å². The van der Waals surface area contributed by atoms with Gasteiger partial charge in [-0.3, -0.25) is 4.79 Å². The number of carbonyl (C=O) groups excluding carboxylic acids is 1. The van der Waals surface area contributed by atoms with Crippen molar-refractivity contribution in [1.82, 2.24) is 0 Å². The Hall–Kier alpha value is -2.80. The molecule has 2 aromatic carbocycles. The molecule has 4 nitrogen and oxygen atoms in total. The summed E-state index contributed by atoms with van der Waals surface area (Å²) in [5.41, 5.74) is 3.42. The van der Waals surface area contributed by atoms with Gasteiger partial charge in [-0.1, -0.05) is 6.07 Å². The van der Waals surface area contributed by atoms with Gasteiger partial charge in [-0.2, -0.15) is 5.26 Å². The van der Waals surface area contributed by atoms with Crippen molar-refractivity contribution in [1.29, 1.82) is 5.26 Å². The third-order valence-corrected chi connectivity index (χ3v) is 3.46. The molecule has 104 valence electrons. The van der Waals surface area contributed by atoms with Crippen molar-refractivity contribution in [2.45, 2.75) is 19.8 Å². The van der Waals surface area contributed by atoms with Gasteiger partial charge in [0.15, 0.2) is 0 Å². The number of carbonyl (C=O) groups is 1. The molecule has 1 aliphatic heterocycles. The predicted octanol–water partition coefficient (Wildman–Crippen LogP) is 3.54. The van der Waals surface area contributed by atoms with Gasteiger partial charge in [-0.15, -0.1) is 0 Å². The molecule has 0 radical (unpaired) electrons. The summed E-state index contributed by atoms with van der Waals surface area (Å²) < 4.78 is 5.81. The second-order valence-electron chi connectivity index (χ2n) is 5.08. The average molecular weight is 278 g/mol. The van der Waals surface area contributed by atoms with Gasteiger partial charge >= 0.3 is 0 Å². The summed E-state index contributed by atoms with van der Waals surface area (Å²) in [4.78, 5) is 11.3. The van der Waals surface area contributed by atoms with Crippen LogP contribution in [0.2, 0.25) is 0 Å². The van der Waals surface area contributed by atoms with E-state index in [4.69, 9.17) is 10.00 Å². The van der Waals surface area contributed by atoms with Crippen molar-refractivity contribution < 1.29 is 9.53 Å². The van der Waals surface area contributed by atoms with Crippen LogP contribution in [0.5, 0.6) is 11.5 Å². The summed E-state index contributed by atoms with van der Waals surface area (Å²) in [6.07, 6.45) is 1.20. The van der Waals surface area contributed by atoms with Gasteiger partial charge in [-0.25, -0.2) is 0 Å². The lowest BCUT2D eigenvalue weighted by Crippen LogP contribution is -2.18. The van der Waals surface area contributed by atoms with Crippen LogP contribution in [0.25, 0.3) is 0 Å². The number of nitrogens with zero attached hydrogens (tertiary/aromatic N) is 1. The maximum Gasteiger partial charge on any atom is 0.224 e. The summed E-state index contributed by atoms with van der Waals surface area (Å²) in [5, 5.41) is 12.0. The van der Waals surface area contributed by atoms with Crippen LogP contribution in [0.4, 0.5) is 5.69 Å². The van der Waals surface area contributed by atoms with Crippen LogP contribution in [0.1, 0.15) is 23.1 Å². The number of aryl methyl sites for hydroxylation is 2. The van der Waals surface area contributed by atoms with Crippen molar-refractivity contribution in [3.05, 3.63) is 53.1 Å². The highest BCUT2D eigenvalue weighted by atomic mass is 16.5. The quantitative estimate of drug-likeness (QED) is 0.913. The fourth-order valence-electron chi connectivity index (χ4n) is 2.37. The predicted molar refractivity (Wildman–Crippen MR) is 79.4 cm³/mol. The second kappa shape index (κ2) is 5.29. The molecule has 0 bridgehead atoms. The standard InChI is InChI=1S/C17H14N2O2/c1-11-2-6-16(13(8-11)10-18)21-14-4-5-15-12(9-14)3-7-17(20)19-15/h2,4-6,8-9H,3,7H2,1H3,(H,19,20). The number of nitriles is 1. The van der Waals surface area contributed by atoms with Crippen LogP contribution in [-0.2, 0) is 11.2 Å². The maximum absolute atomic E-state index is 11.3. The first-order chi connectivity index (χ1) is 10.2. The van der Waals surface area contributed by atoms with E-state index in [1.54, 1.807) is 18.2 Å². The van der Waals surface area contributed by atoms with Gasteiger partial charge < -0.3 is 10.1 Å². The molecule has 0 spiro atoms. The Kier molecular flexibility index (Phi) is 3.33. The van der Waals surface area contributed by atoms with E-state index in [0.29, 0.717) is 29.9 Å². The summed E-state index contributed by atoms with van der Waals surface area (Å²) >= 11 is 0. The first-order valence-corrected chi connectivity index (χ1v) is 6.77. The molecule has 0 fully saturated rings. The summed E-state index contributed by atoms with van der Waals surface area (Å²) in [6.45, 7) is 1.94. The molecule has 1 amide bonds. The van der Waals surface area contributed by atoms with Gasteiger partial charge in [0.2, 0.25) is 5.91 Å². The number of ether oxygens (including phenoxy) is 1. The molecule has 3 rings (SSSR count). The van der Waals surface area contributed by atoms with Crippen LogP contribution in [0.15, 0.2) is 36.4 Å². The lowest BCUT2D eigenvalue weighted by Gasteiger charge is -2.17. The first kappa shape index (κ1) is 13.2. The van der Waals surface area contributed by atoms with Crippen LogP contribution in [0, 0.1) is 18.3 Å². The van der Waals surface area contributed by atoms with Crippen LogP contribution < -0.4 is 10.1 Å². The smallest absolute Gasteiger partial charge is 0.224 e. The molecule has 2 aromatic rings. The SMILES string of the molecule is Cc1ccc(Oc2ccc3c(c2)CCC(=O)N3)c(C#N)c1. The topological polar surface area (TPSA) is 62.1 Å². The van der Waals surface area contributed by atoms with E-state index in [2.05, 4.69) is 11.4 Å². The Morgan fingerprint density at radius 1 is 1.19 bits per heavy atom. The zero-order valence-electron chi connectivity index (χ0n) is 11.6. The number of benzene rings is 2. The molecule has 0 atom stereocenters. The summed E-state index contributed by atoms with van der Waals surface area (Å²) in [5.74, 6) is 1.26. The fourth-order valence-corrected chi connectivity index (χ4v) is 2.37. The van der Waals surface area contributed by atoms with Gasteiger partial charge in [0, 0.05) is 12.1 Å². The monoisotopic (exact) mass is 278 g/mol. The number of hydrogen-bond donors (Lipinski definition) is 1. The number of rotatable bonds is 2. The fraction of sp³-hybridized carbons (Fsp3) is 0.176. The normalized spacial score (nSPS) is 13.0. The summed E-state index contributed by atoms with van der Waals surface area (Å²) in [6, 6.07) is 13.2. The van der Waals surface area contributed by atoms with E-state index in [-0.39, 0.29) is 5.91 Å². The number of anilines is 1.